The van der Waals surface area contributed by atoms with Gasteiger partial charge >= 0.3 is 0 Å². The normalized spacial score (nSPS) is 14.8. The number of hydrogen-bond donors (Lipinski definition) is 1. The van der Waals surface area contributed by atoms with Crippen molar-refractivity contribution in [2.75, 3.05) is 27.2 Å². The van der Waals surface area contributed by atoms with Gasteiger partial charge in [0.15, 0.2) is 0 Å². The van der Waals surface area contributed by atoms with Gasteiger partial charge in [0, 0.05) is 44.4 Å². The maximum absolute atomic E-state index is 13.1. The summed E-state index contributed by atoms with van der Waals surface area (Å²) in [6, 6.07) is 20.5. The first-order valence-electron chi connectivity index (χ1n) is 12.5. The van der Waals surface area contributed by atoms with Gasteiger partial charge < -0.3 is 14.6 Å². The molecule has 1 fully saturated rings. The Kier molecular flexibility index (Phi) is 8.21. The maximum atomic E-state index is 13.1. The molecule has 1 aliphatic heterocycles. The molecule has 8 nitrogen and oxygen atoms in total. The molecule has 37 heavy (non-hydrogen) atoms. The summed E-state index contributed by atoms with van der Waals surface area (Å²) in [6.07, 6.45) is 3.28. The van der Waals surface area contributed by atoms with Crippen molar-refractivity contribution in [2.45, 2.75) is 37.8 Å². The standard InChI is InChI=1S/C29H33N3O5/c1-30(37-2)28(35)25-20-32(27(34)19-24(25)23-11-7-4-8-12-23)21-29(36)15-17-31(18-16-29)26(33)14-13-22-9-5-3-6-10-22/h3-12,19-20,36H,13-18,21H2,1-2H3. The number of carbonyl (C=O) groups excluding carboxylic acids is 2. The van der Waals surface area contributed by atoms with Gasteiger partial charge in [-0.05, 0) is 30.4 Å². The molecule has 0 spiro atoms. The highest BCUT2D eigenvalue weighted by Crippen LogP contribution is 2.27. The van der Waals surface area contributed by atoms with Gasteiger partial charge in [-0.2, -0.15) is 0 Å². The van der Waals surface area contributed by atoms with Crippen LogP contribution in [0, 0.1) is 0 Å². The van der Waals surface area contributed by atoms with Crippen molar-refractivity contribution in [1.29, 1.82) is 0 Å². The lowest BCUT2D eigenvalue weighted by molar-refractivity contribution is -0.135. The fourth-order valence-corrected chi connectivity index (χ4v) is 4.68. The number of carbonyl (C=O) groups is 2. The van der Waals surface area contributed by atoms with E-state index in [4.69, 9.17) is 4.84 Å². The molecular weight excluding hydrogens is 470 g/mol. The number of piperidine rings is 1. The van der Waals surface area contributed by atoms with Crippen molar-refractivity contribution < 1.29 is 19.5 Å². The van der Waals surface area contributed by atoms with Crippen molar-refractivity contribution in [1.82, 2.24) is 14.5 Å². The number of amides is 2. The van der Waals surface area contributed by atoms with E-state index < -0.39 is 11.5 Å². The van der Waals surface area contributed by atoms with Gasteiger partial charge in [-0.25, -0.2) is 5.06 Å². The molecule has 8 heteroatoms. The Hall–Kier alpha value is -3.75. The Morgan fingerprint density at radius 1 is 1.03 bits per heavy atom. The molecule has 1 aliphatic rings. The number of pyridine rings is 1. The van der Waals surface area contributed by atoms with Crippen LogP contribution in [0.25, 0.3) is 11.1 Å². The Morgan fingerprint density at radius 3 is 2.27 bits per heavy atom. The zero-order valence-corrected chi connectivity index (χ0v) is 21.3. The van der Waals surface area contributed by atoms with E-state index in [0.717, 1.165) is 16.2 Å². The van der Waals surface area contributed by atoms with Crippen LogP contribution in [0.1, 0.15) is 35.2 Å². The summed E-state index contributed by atoms with van der Waals surface area (Å²) in [5.41, 5.74) is 1.17. The Balaban J connectivity index is 1.48. The van der Waals surface area contributed by atoms with Crippen molar-refractivity contribution >= 4 is 11.8 Å². The molecule has 3 aromatic rings. The third kappa shape index (κ3) is 6.34. The molecule has 1 N–H and O–H groups in total. The van der Waals surface area contributed by atoms with Gasteiger partial charge in [0.05, 0.1) is 24.8 Å². The zero-order chi connectivity index (χ0) is 26.4. The summed E-state index contributed by atoms with van der Waals surface area (Å²) in [4.78, 5) is 45.7. The summed E-state index contributed by atoms with van der Waals surface area (Å²) in [7, 11) is 2.90. The van der Waals surface area contributed by atoms with Crippen LogP contribution >= 0.6 is 0 Å². The molecule has 2 aromatic carbocycles. The third-order valence-corrected chi connectivity index (χ3v) is 6.98. The Labute approximate surface area is 216 Å². The molecule has 0 saturated carbocycles. The van der Waals surface area contributed by atoms with Gasteiger partial charge in [-0.3, -0.25) is 19.2 Å². The molecule has 1 aromatic heterocycles. The molecule has 0 aliphatic carbocycles. The fraction of sp³-hybridized carbons (Fsp3) is 0.345. The molecule has 1 saturated heterocycles. The number of nitrogens with zero attached hydrogens (tertiary/aromatic N) is 3. The average molecular weight is 504 g/mol. The first kappa shape index (κ1) is 26.3. The summed E-state index contributed by atoms with van der Waals surface area (Å²) < 4.78 is 1.38. The third-order valence-electron chi connectivity index (χ3n) is 6.98. The van der Waals surface area contributed by atoms with Crippen LogP contribution in [0.3, 0.4) is 0 Å². The van der Waals surface area contributed by atoms with E-state index in [1.807, 2.05) is 60.7 Å². The maximum Gasteiger partial charge on any atom is 0.279 e. The van der Waals surface area contributed by atoms with E-state index in [-0.39, 0.29) is 18.0 Å². The predicted octanol–water partition coefficient (Wildman–Crippen LogP) is 3.14. The number of aromatic nitrogens is 1. The van der Waals surface area contributed by atoms with Crippen LogP contribution < -0.4 is 5.56 Å². The van der Waals surface area contributed by atoms with Crippen molar-refractivity contribution in [3.63, 3.8) is 0 Å². The summed E-state index contributed by atoms with van der Waals surface area (Å²) in [6.45, 7) is 0.863. The SMILES string of the molecule is CON(C)C(=O)c1cn(CC2(O)CCN(C(=O)CCc3ccccc3)CC2)c(=O)cc1-c1ccccc1. The van der Waals surface area contributed by atoms with Crippen LogP contribution in [0.5, 0.6) is 0 Å². The summed E-state index contributed by atoms with van der Waals surface area (Å²) in [5, 5.41) is 12.4. The largest absolute Gasteiger partial charge is 0.388 e. The van der Waals surface area contributed by atoms with Crippen LogP contribution in [-0.2, 0) is 22.6 Å². The van der Waals surface area contributed by atoms with Gasteiger partial charge in [0.25, 0.3) is 11.5 Å². The lowest BCUT2D eigenvalue weighted by Crippen LogP contribution is -2.49. The number of aryl methyl sites for hydroxylation is 1. The van der Waals surface area contributed by atoms with E-state index in [1.165, 1.54) is 31.0 Å². The van der Waals surface area contributed by atoms with Crippen LogP contribution in [-0.4, -0.2) is 64.3 Å². The molecule has 0 radical (unpaired) electrons. The van der Waals surface area contributed by atoms with Gasteiger partial charge in [0.2, 0.25) is 5.91 Å². The highest BCUT2D eigenvalue weighted by atomic mass is 16.7. The number of hydrogen-bond acceptors (Lipinski definition) is 5. The molecule has 0 unspecified atom stereocenters. The van der Waals surface area contributed by atoms with Gasteiger partial charge in [0.1, 0.15) is 0 Å². The van der Waals surface area contributed by atoms with Crippen molar-refractivity contribution in [3.8, 4) is 11.1 Å². The number of benzene rings is 2. The highest BCUT2D eigenvalue weighted by Gasteiger charge is 2.35. The van der Waals surface area contributed by atoms with Crippen molar-refractivity contribution in [2.24, 2.45) is 0 Å². The first-order chi connectivity index (χ1) is 17.8. The topological polar surface area (TPSA) is 92.1 Å². The van der Waals surface area contributed by atoms with E-state index in [9.17, 15) is 19.5 Å². The Morgan fingerprint density at radius 2 is 1.65 bits per heavy atom. The highest BCUT2D eigenvalue weighted by molar-refractivity contribution is 5.99. The summed E-state index contributed by atoms with van der Waals surface area (Å²) >= 11 is 0. The average Bonchev–Trinajstić information content (AvgIpc) is 2.93. The predicted molar refractivity (Wildman–Crippen MR) is 141 cm³/mol. The second-order valence-corrected chi connectivity index (χ2v) is 9.51. The van der Waals surface area contributed by atoms with Gasteiger partial charge in [-0.15, -0.1) is 0 Å². The fourth-order valence-electron chi connectivity index (χ4n) is 4.68. The number of rotatable bonds is 8. The smallest absolute Gasteiger partial charge is 0.279 e. The van der Waals surface area contributed by atoms with E-state index >= 15 is 0 Å². The molecule has 194 valence electrons. The minimum absolute atomic E-state index is 0.0317. The van der Waals surface area contributed by atoms with E-state index in [0.29, 0.717) is 49.9 Å². The minimum Gasteiger partial charge on any atom is -0.388 e. The van der Waals surface area contributed by atoms with E-state index in [2.05, 4.69) is 0 Å². The number of hydroxylamine groups is 2. The Bertz CT molecular complexity index is 1280. The van der Waals surface area contributed by atoms with E-state index in [1.54, 1.807) is 4.90 Å². The number of aliphatic hydroxyl groups is 1. The molecule has 2 heterocycles. The summed E-state index contributed by atoms with van der Waals surface area (Å²) in [5.74, 6) is -0.341. The van der Waals surface area contributed by atoms with Crippen LogP contribution in [0.4, 0.5) is 0 Å². The first-order valence-corrected chi connectivity index (χ1v) is 12.5. The number of likely N-dealkylation sites (tertiary alicyclic amines) is 1. The zero-order valence-electron chi connectivity index (χ0n) is 21.3. The van der Waals surface area contributed by atoms with Crippen LogP contribution in [0.2, 0.25) is 0 Å². The molecule has 0 atom stereocenters. The van der Waals surface area contributed by atoms with Crippen LogP contribution in [0.15, 0.2) is 77.7 Å². The molecule has 0 bridgehead atoms. The monoisotopic (exact) mass is 503 g/mol. The minimum atomic E-state index is -1.16. The molecular formula is C29H33N3O5. The quantitative estimate of drug-likeness (QED) is 0.477. The lowest BCUT2D eigenvalue weighted by atomic mass is 9.90. The molecule has 4 rings (SSSR count). The second kappa shape index (κ2) is 11.5. The second-order valence-electron chi connectivity index (χ2n) is 9.51. The van der Waals surface area contributed by atoms with Gasteiger partial charge in [-0.1, -0.05) is 60.7 Å². The van der Waals surface area contributed by atoms with Crippen molar-refractivity contribution in [3.05, 3.63) is 94.4 Å². The molecule has 2 amide bonds. The lowest BCUT2D eigenvalue weighted by Gasteiger charge is -2.38.